The van der Waals surface area contributed by atoms with Crippen LogP contribution in [0.3, 0.4) is 0 Å². The lowest BCUT2D eigenvalue weighted by molar-refractivity contribution is 0.380. The van der Waals surface area contributed by atoms with Gasteiger partial charge in [-0.1, -0.05) is 6.58 Å². The van der Waals surface area contributed by atoms with Crippen LogP contribution in [0.25, 0.3) is 38.3 Å². The van der Waals surface area contributed by atoms with Crippen LogP contribution in [-0.2, 0) is 13.1 Å². The number of hydrogen-bond acceptors (Lipinski definition) is 9. The van der Waals surface area contributed by atoms with Crippen molar-refractivity contribution in [1.82, 2.24) is 24.1 Å². The highest BCUT2D eigenvalue weighted by atomic mass is 32.1. The molecule has 206 valence electrons. The summed E-state index contributed by atoms with van der Waals surface area (Å²) in [5.41, 5.74) is 6.43. The van der Waals surface area contributed by atoms with Gasteiger partial charge in [0.2, 0.25) is 0 Å². The van der Waals surface area contributed by atoms with E-state index in [1.165, 1.54) is 23.8 Å². The third-order valence-electron chi connectivity index (χ3n) is 7.64. The smallest absolute Gasteiger partial charge is 0.318 e. The molecule has 0 amide bonds. The monoisotopic (exact) mass is 572 g/mol. The molecule has 41 heavy (non-hydrogen) atoms. The summed E-state index contributed by atoms with van der Waals surface area (Å²) < 4.78 is 40.6. The Hall–Kier alpha value is -4.83. The first kappa shape index (κ1) is 25.2. The van der Waals surface area contributed by atoms with Gasteiger partial charge in [0.15, 0.2) is 5.82 Å². The van der Waals surface area contributed by atoms with Gasteiger partial charge >= 0.3 is 6.01 Å². The van der Waals surface area contributed by atoms with Gasteiger partial charge in [-0.05, 0) is 31.1 Å². The molecule has 4 aromatic heterocycles. The van der Waals surface area contributed by atoms with Crippen molar-refractivity contribution in [3.05, 3.63) is 64.0 Å². The summed E-state index contributed by atoms with van der Waals surface area (Å²) in [6.07, 6.45) is 4.75. The molecule has 2 aliphatic rings. The average Bonchev–Trinajstić information content (AvgIpc) is 3.64. The van der Waals surface area contributed by atoms with Gasteiger partial charge in [-0.15, -0.1) is 11.3 Å². The molecule has 1 fully saturated rings. The van der Waals surface area contributed by atoms with Crippen LogP contribution in [0.5, 0.6) is 6.01 Å². The highest BCUT2D eigenvalue weighted by molar-refractivity contribution is 7.23. The van der Waals surface area contributed by atoms with E-state index in [4.69, 9.17) is 10.5 Å². The molecule has 0 saturated heterocycles. The van der Waals surface area contributed by atoms with E-state index in [0.29, 0.717) is 32.5 Å². The van der Waals surface area contributed by atoms with Gasteiger partial charge in [0.05, 0.1) is 41.5 Å². The van der Waals surface area contributed by atoms with Crippen molar-refractivity contribution in [2.45, 2.75) is 32.0 Å². The number of nitrogens with two attached hydrogens (primary N) is 1. The average molecular weight is 573 g/mol. The van der Waals surface area contributed by atoms with E-state index in [-0.39, 0.29) is 60.7 Å². The van der Waals surface area contributed by atoms with Crippen molar-refractivity contribution < 1.29 is 13.5 Å². The molecule has 0 spiro atoms. The van der Waals surface area contributed by atoms with Crippen LogP contribution in [-0.4, -0.2) is 37.7 Å². The molecular formula is C28H22F2N8O2S. The molecule has 1 aliphatic carbocycles. The number of hydrogen-bond donors (Lipinski definition) is 1. The molecule has 1 aliphatic heterocycles. The first-order chi connectivity index (χ1) is 19.9. The minimum atomic E-state index is -0.786. The highest BCUT2D eigenvalue weighted by Gasteiger charge is 2.35. The first-order valence-corrected chi connectivity index (χ1v) is 13.7. The molecule has 1 saturated carbocycles. The Bertz CT molecular complexity index is 2040. The largest absolute Gasteiger partial charge is 0.467 e. The van der Waals surface area contributed by atoms with Gasteiger partial charge in [0.1, 0.15) is 39.4 Å². The summed E-state index contributed by atoms with van der Waals surface area (Å²) >= 11 is 0.912. The molecule has 0 bridgehead atoms. The Morgan fingerprint density at radius 1 is 1.24 bits per heavy atom. The molecule has 2 N–H and O–H groups in total. The van der Waals surface area contributed by atoms with Crippen molar-refractivity contribution in [2.24, 2.45) is 0 Å². The zero-order chi connectivity index (χ0) is 28.6. The lowest BCUT2D eigenvalue weighted by atomic mass is 10.0. The van der Waals surface area contributed by atoms with Gasteiger partial charge in [-0.25, -0.2) is 13.8 Å². The molecule has 5 aromatic rings. The van der Waals surface area contributed by atoms with Gasteiger partial charge in [0, 0.05) is 30.1 Å². The van der Waals surface area contributed by atoms with Crippen molar-refractivity contribution >= 4 is 49.2 Å². The SMILES string of the molecule is C=Cc1ncc2n1CCN(c1nc(OC)nc3c(F)c(-c4ccc(F)c5sc(N)c(C#N)c45)n(C4CC4)c(=O)c13)C2. The second-order valence-electron chi connectivity index (χ2n) is 9.96. The summed E-state index contributed by atoms with van der Waals surface area (Å²) in [5.74, 6) is -0.372. The van der Waals surface area contributed by atoms with Crippen LogP contribution in [0.15, 0.2) is 29.7 Å². The number of nitrogen functional groups attached to an aromatic ring is 1. The van der Waals surface area contributed by atoms with E-state index in [9.17, 15) is 14.4 Å². The number of benzene rings is 1. The highest BCUT2D eigenvalue weighted by Crippen LogP contribution is 2.45. The first-order valence-electron chi connectivity index (χ1n) is 12.9. The molecular weight excluding hydrogens is 550 g/mol. The molecule has 7 rings (SSSR count). The molecule has 0 unspecified atom stereocenters. The maximum atomic E-state index is 16.9. The van der Waals surface area contributed by atoms with Gasteiger partial charge in [-0.3, -0.25) is 4.79 Å². The Balaban J connectivity index is 1.53. The molecule has 0 radical (unpaired) electrons. The van der Waals surface area contributed by atoms with Crippen LogP contribution < -0.4 is 20.9 Å². The van der Waals surface area contributed by atoms with Crippen LogP contribution in [0.4, 0.5) is 19.6 Å². The molecule has 5 heterocycles. The van der Waals surface area contributed by atoms with Crippen molar-refractivity contribution in [1.29, 1.82) is 5.26 Å². The second-order valence-corrected chi connectivity index (χ2v) is 11.0. The maximum Gasteiger partial charge on any atom is 0.318 e. The normalized spacial score (nSPS) is 14.8. The Morgan fingerprint density at radius 2 is 2.05 bits per heavy atom. The number of fused-ring (bicyclic) bond motifs is 3. The van der Waals surface area contributed by atoms with E-state index in [1.54, 1.807) is 12.3 Å². The van der Waals surface area contributed by atoms with Gasteiger partial charge in [-0.2, -0.15) is 15.2 Å². The number of halogens is 2. The lowest BCUT2D eigenvalue weighted by Gasteiger charge is -2.30. The van der Waals surface area contributed by atoms with Crippen LogP contribution in [0.1, 0.15) is 36.0 Å². The zero-order valence-corrected chi connectivity index (χ0v) is 22.6. The van der Waals surface area contributed by atoms with E-state index in [0.717, 1.165) is 22.9 Å². The number of thiophene rings is 1. The number of imidazole rings is 1. The number of anilines is 2. The van der Waals surface area contributed by atoms with Crippen molar-refractivity contribution in [3.8, 4) is 23.3 Å². The second kappa shape index (κ2) is 9.10. The topological polar surface area (TPSA) is 128 Å². The summed E-state index contributed by atoms with van der Waals surface area (Å²) in [5, 5.41) is 10.1. The molecule has 1 aromatic carbocycles. The predicted octanol–water partition coefficient (Wildman–Crippen LogP) is 4.61. The van der Waals surface area contributed by atoms with Crippen LogP contribution >= 0.6 is 11.3 Å². The number of ether oxygens (including phenoxy) is 1. The lowest BCUT2D eigenvalue weighted by Crippen LogP contribution is -2.36. The number of rotatable bonds is 5. The standard InChI is InChI=1S/C28H22F2N8O2S/c1-3-18-33-11-14-12-36(8-9-37(14)18)26-20-22(34-28(35-26)40-2)21(30)23(38(27(20)39)13-4-5-13)15-6-7-17(29)24-19(15)16(10-31)25(32)41-24/h3,6-7,11,13H,1,4-5,8-9,12,32H2,2H3. The number of methoxy groups -OCH3 is 1. The van der Waals surface area contributed by atoms with Gasteiger partial charge < -0.3 is 24.5 Å². The number of nitriles is 1. The van der Waals surface area contributed by atoms with Crippen molar-refractivity contribution in [2.75, 3.05) is 24.3 Å². The summed E-state index contributed by atoms with van der Waals surface area (Å²) in [6.45, 7) is 5.22. The zero-order valence-electron chi connectivity index (χ0n) is 21.8. The number of nitrogens with zero attached hydrogens (tertiary/aromatic N) is 7. The predicted molar refractivity (Wildman–Crippen MR) is 152 cm³/mol. The molecule has 13 heteroatoms. The van der Waals surface area contributed by atoms with E-state index in [1.807, 2.05) is 15.5 Å². The minimum Gasteiger partial charge on any atom is -0.467 e. The fourth-order valence-corrected chi connectivity index (χ4v) is 6.57. The molecule has 0 atom stereocenters. The maximum absolute atomic E-state index is 16.9. The summed E-state index contributed by atoms with van der Waals surface area (Å²) in [4.78, 5) is 29.4. The summed E-state index contributed by atoms with van der Waals surface area (Å²) in [7, 11) is 1.37. The third-order valence-corrected chi connectivity index (χ3v) is 8.66. The third kappa shape index (κ3) is 3.64. The Kier molecular flexibility index (Phi) is 5.58. The van der Waals surface area contributed by atoms with E-state index < -0.39 is 17.2 Å². The van der Waals surface area contributed by atoms with Crippen molar-refractivity contribution in [3.63, 3.8) is 0 Å². The van der Waals surface area contributed by atoms with Crippen LogP contribution in [0.2, 0.25) is 0 Å². The fraction of sp³-hybridized carbons (Fsp3) is 0.250. The van der Waals surface area contributed by atoms with E-state index >= 15 is 4.39 Å². The minimum absolute atomic E-state index is 0.0274. The van der Waals surface area contributed by atoms with Gasteiger partial charge in [0.25, 0.3) is 5.56 Å². The van der Waals surface area contributed by atoms with Crippen LogP contribution in [0, 0.1) is 23.0 Å². The van der Waals surface area contributed by atoms with E-state index in [2.05, 4.69) is 21.5 Å². The number of pyridine rings is 1. The Morgan fingerprint density at radius 3 is 2.76 bits per heavy atom. The number of aromatic nitrogens is 5. The quantitative estimate of drug-likeness (QED) is 0.324. The fourth-order valence-electron chi connectivity index (χ4n) is 5.62. The summed E-state index contributed by atoms with van der Waals surface area (Å²) in [6, 6.07) is 4.22. The molecule has 10 nitrogen and oxygen atoms in total. The Labute approximate surface area is 235 Å².